The van der Waals surface area contributed by atoms with Gasteiger partial charge in [0.05, 0.1) is 11.0 Å². The van der Waals surface area contributed by atoms with E-state index in [-0.39, 0.29) is 0 Å². The van der Waals surface area contributed by atoms with E-state index in [1.54, 1.807) is 24.5 Å². The van der Waals surface area contributed by atoms with Crippen molar-refractivity contribution in [3.63, 3.8) is 0 Å². The lowest BCUT2D eigenvalue weighted by atomic mass is 9.86. The summed E-state index contributed by atoms with van der Waals surface area (Å²) in [5.74, 6) is 1.43. The standard InChI is InChI=1S/C13H22N2OS/c1-8-5-9(2)10(3)15(7-8)13-14-6-12(17-13)11(4)16/h6,8-11,16H,5,7H2,1-4H3. The molecule has 4 atom stereocenters. The summed E-state index contributed by atoms with van der Waals surface area (Å²) in [5, 5.41) is 10.6. The second-order valence-corrected chi connectivity index (χ2v) is 6.47. The first-order valence-electron chi connectivity index (χ1n) is 6.39. The third-order valence-electron chi connectivity index (χ3n) is 3.77. The zero-order chi connectivity index (χ0) is 12.6. The van der Waals surface area contributed by atoms with Crippen LogP contribution in [-0.4, -0.2) is 22.7 Å². The minimum absolute atomic E-state index is 0.406. The van der Waals surface area contributed by atoms with Crippen molar-refractivity contribution in [2.45, 2.75) is 46.3 Å². The topological polar surface area (TPSA) is 36.4 Å². The molecule has 0 saturated carbocycles. The second kappa shape index (κ2) is 4.94. The SMILES string of the molecule is CC1CC(C)C(C)N(c2ncc(C(C)O)s2)C1. The van der Waals surface area contributed by atoms with E-state index in [0.29, 0.717) is 12.0 Å². The first-order valence-corrected chi connectivity index (χ1v) is 7.21. The van der Waals surface area contributed by atoms with E-state index in [9.17, 15) is 5.11 Å². The number of aliphatic hydroxyl groups excluding tert-OH is 1. The number of aliphatic hydroxyl groups is 1. The lowest BCUT2D eigenvalue weighted by Gasteiger charge is -2.41. The average molecular weight is 254 g/mol. The fourth-order valence-electron chi connectivity index (χ4n) is 2.57. The summed E-state index contributed by atoms with van der Waals surface area (Å²) in [6, 6.07) is 0.541. The molecule has 1 aromatic rings. The van der Waals surface area contributed by atoms with Crippen LogP contribution in [-0.2, 0) is 0 Å². The molecule has 4 heteroatoms. The summed E-state index contributed by atoms with van der Waals surface area (Å²) in [4.78, 5) is 7.82. The van der Waals surface area contributed by atoms with Crippen molar-refractivity contribution in [3.05, 3.63) is 11.1 Å². The van der Waals surface area contributed by atoms with Crippen LogP contribution in [0.15, 0.2) is 6.20 Å². The van der Waals surface area contributed by atoms with Crippen molar-refractivity contribution in [1.29, 1.82) is 0 Å². The van der Waals surface area contributed by atoms with Crippen molar-refractivity contribution < 1.29 is 5.11 Å². The fraction of sp³-hybridized carbons (Fsp3) is 0.769. The van der Waals surface area contributed by atoms with Crippen LogP contribution < -0.4 is 4.90 Å². The van der Waals surface area contributed by atoms with E-state index in [1.165, 1.54) is 6.42 Å². The summed E-state index contributed by atoms with van der Waals surface area (Å²) in [5.41, 5.74) is 0. The Bertz CT molecular complexity index is 377. The number of hydrogen-bond donors (Lipinski definition) is 1. The van der Waals surface area contributed by atoms with Crippen molar-refractivity contribution in [3.8, 4) is 0 Å². The van der Waals surface area contributed by atoms with E-state index in [4.69, 9.17) is 0 Å². The maximum Gasteiger partial charge on any atom is 0.185 e. The molecule has 0 bridgehead atoms. The van der Waals surface area contributed by atoms with E-state index in [1.807, 2.05) is 0 Å². The summed E-state index contributed by atoms with van der Waals surface area (Å²) in [6.07, 6.45) is 2.70. The second-order valence-electron chi connectivity index (χ2n) is 5.43. The third-order valence-corrected chi connectivity index (χ3v) is 4.97. The van der Waals surface area contributed by atoms with Gasteiger partial charge in [0.25, 0.3) is 0 Å². The maximum atomic E-state index is 9.56. The highest BCUT2D eigenvalue weighted by molar-refractivity contribution is 7.15. The predicted molar refractivity (Wildman–Crippen MR) is 72.5 cm³/mol. The van der Waals surface area contributed by atoms with Crippen LogP contribution >= 0.6 is 11.3 Å². The largest absolute Gasteiger partial charge is 0.388 e. The molecule has 1 saturated heterocycles. The molecule has 17 heavy (non-hydrogen) atoms. The van der Waals surface area contributed by atoms with Crippen LogP contribution in [0.3, 0.4) is 0 Å². The normalized spacial score (nSPS) is 31.6. The Labute approximate surface area is 107 Å². The molecule has 1 N–H and O–H groups in total. The summed E-state index contributed by atoms with van der Waals surface area (Å²) < 4.78 is 0. The summed E-state index contributed by atoms with van der Waals surface area (Å²) in [7, 11) is 0. The quantitative estimate of drug-likeness (QED) is 0.881. The number of anilines is 1. The van der Waals surface area contributed by atoms with Crippen LogP contribution in [0.4, 0.5) is 5.13 Å². The molecule has 0 aliphatic carbocycles. The first kappa shape index (κ1) is 12.8. The summed E-state index contributed by atoms with van der Waals surface area (Å²) >= 11 is 1.62. The molecule has 1 aromatic heterocycles. The van der Waals surface area contributed by atoms with Gasteiger partial charge >= 0.3 is 0 Å². The van der Waals surface area contributed by atoms with Gasteiger partial charge in [-0.3, -0.25) is 0 Å². The van der Waals surface area contributed by atoms with Gasteiger partial charge in [-0.2, -0.15) is 0 Å². The molecule has 1 fully saturated rings. The van der Waals surface area contributed by atoms with Crippen LogP contribution in [0.2, 0.25) is 0 Å². The molecule has 3 nitrogen and oxygen atoms in total. The Kier molecular flexibility index (Phi) is 3.73. The fourth-order valence-corrected chi connectivity index (χ4v) is 3.52. The molecule has 1 aliphatic rings. The van der Waals surface area contributed by atoms with Gasteiger partial charge in [0.2, 0.25) is 0 Å². The van der Waals surface area contributed by atoms with Gasteiger partial charge in [0.1, 0.15) is 0 Å². The maximum absolute atomic E-state index is 9.56. The van der Waals surface area contributed by atoms with Gasteiger partial charge in [0, 0.05) is 18.8 Å². The predicted octanol–water partition coefficient (Wildman–Crippen LogP) is 3.07. The molecular formula is C13H22N2OS. The third kappa shape index (κ3) is 2.63. The van der Waals surface area contributed by atoms with Gasteiger partial charge in [-0.25, -0.2) is 4.98 Å². The number of piperidine rings is 1. The Morgan fingerprint density at radius 1 is 1.47 bits per heavy atom. The molecule has 2 heterocycles. The highest BCUT2D eigenvalue weighted by atomic mass is 32.1. The molecule has 0 radical (unpaired) electrons. The zero-order valence-electron chi connectivity index (χ0n) is 11.1. The first-order chi connectivity index (χ1) is 7.99. The van der Waals surface area contributed by atoms with Crippen molar-refractivity contribution in [2.75, 3.05) is 11.4 Å². The number of thiazole rings is 1. The molecule has 4 unspecified atom stereocenters. The Balaban J connectivity index is 2.19. The molecule has 0 amide bonds. The monoisotopic (exact) mass is 254 g/mol. The number of rotatable bonds is 2. The lowest BCUT2D eigenvalue weighted by molar-refractivity contribution is 0.203. The molecule has 1 aliphatic heterocycles. The minimum Gasteiger partial charge on any atom is -0.388 e. The van der Waals surface area contributed by atoms with Crippen molar-refractivity contribution in [2.24, 2.45) is 11.8 Å². The van der Waals surface area contributed by atoms with Gasteiger partial charge < -0.3 is 10.0 Å². The number of aromatic nitrogens is 1. The van der Waals surface area contributed by atoms with Gasteiger partial charge in [-0.1, -0.05) is 25.2 Å². The van der Waals surface area contributed by atoms with Crippen LogP contribution in [0, 0.1) is 11.8 Å². The molecular weight excluding hydrogens is 232 g/mol. The Morgan fingerprint density at radius 2 is 2.18 bits per heavy atom. The highest BCUT2D eigenvalue weighted by Crippen LogP contribution is 2.34. The lowest BCUT2D eigenvalue weighted by Crippen LogP contribution is -2.45. The molecule has 0 spiro atoms. The van der Waals surface area contributed by atoms with Crippen LogP contribution in [0.25, 0.3) is 0 Å². The van der Waals surface area contributed by atoms with Crippen molar-refractivity contribution in [1.82, 2.24) is 4.98 Å². The molecule has 96 valence electrons. The van der Waals surface area contributed by atoms with Crippen molar-refractivity contribution >= 4 is 16.5 Å². The van der Waals surface area contributed by atoms with E-state index < -0.39 is 6.10 Å². The summed E-state index contributed by atoms with van der Waals surface area (Å²) in [6.45, 7) is 9.77. The van der Waals surface area contributed by atoms with Gasteiger partial charge in [-0.05, 0) is 32.1 Å². The Hall–Kier alpha value is -0.610. The number of nitrogens with zero attached hydrogens (tertiary/aromatic N) is 2. The van der Waals surface area contributed by atoms with E-state index in [0.717, 1.165) is 22.5 Å². The smallest absolute Gasteiger partial charge is 0.185 e. The van der Waals surface area contributed by atoms with Crippen LogP contribution in [0.5, 0.6) is 0 Å². The molecule has 0 aromatic carbocycles. The Morgan fingerprint density at radius 3 is 2.76 bits per heavy atom. The van der Waals surface area contributed by atoms with Crippen LogP contribution in [0.1, 0.15) is 45.1 Å². The number of hydrogen-bond acceptors (Lipinski definition) is 4. The minimum atomic E-state index is -0.406. The van der Waals surface area contributed by atoms with E-state index in [2.05, 4.69) is 30.7 Å². The van der Waals surface area contributed by atoms with Gasteiger partial charge in [-0.15, -0.1) is 0 Å². The average Bonchev–Trinajstić information content (AvgIpc) is 2.72. The molecule has 2 rings (SSSR count). The van der Waals surface area contributed by atoms with E-state index >= 15 is 0 Å². The zero-order valence-corrected chi connectivity index (χ0v) is 11.9. The van der Waals surface area contributed by atoms with Gasteiger partial charge in [0.15, 0.2) is 5.13 Å². The highest BCUT2D eigenvalue weighted by Gasteiger charge is 2.30.